The molecule has 2 saturated heterocycles. The van der Waals surface area contributed by atoms with Gasteiger partial charge >= 0.3 is 0 Å². The molecule has 0 aromatic heterocycles. The Labute approximate surface area is 124 Å². The van der Waals surface area contributed by atoms with E-state index in [0.29, 0.717) is 0 Å². The third kappa shape index (κ3) is 4.17. The van der Waals surface area contributed by atoms with Gasteiger partial charge in [0, 0.05) is 12.8 Å². The highest BCUT2D eigenvalue weighted by Crippen LogP contribution is 2.16. The Balaban J connectivity index is 1.71. The summed E-state index contributed by atoms with van der Waals surface area (Å²) >= 11 is 0. The summed E-state index contributed by atoms with van der Waals surface area (Å²) in [5.74, 6) is 0. The molecule has 0 aromatic rings. The summed E-state index contributed by atoms with van der Waals surface area (Å²) in [5.41, 5.74) is 0. The number of unbranched alkanes of at least 4 members (excludes halogenated alkanes) is 1. The number of ether oxygens (including phenoxy) is 2. The van der Waals surface area contributed by atoms with Gasteiger partial charge < -0.3 is 18.4 Å². The lowest BCUT2D eigenvalue weighted by Crippen LogP contribution is -2.56. The fraction of sp³-hybridized carbons (Fsp3) is 1.00. The van der Waals surface area contributed by atoms with Gasteiger partial charge in [-0.05, 0) is 13.8 Å². The van der Waals surface area contributed by atoms with Crippen LogP contribution in [0.25, 0.3) is 0 Å². The van der Waals surface area contributed by atoms with Crippen molar-refractivity contribution in [3.63, 3.8) is 0 Å². The van der Waals surface area contributed by atoms with Crippen LogP contribution in [-0.4, -0.2) is 87.8 Å². The maximum atomic E-state index is 5.53. The fourth-order valence-corrected chi connectivity index (χ4v) is 3.75. The minimum atomic E-state index is 0.958. The Kier molecular flexibility index (Phi) is 6.27. The van der Waals surface area contributed by atoms with Gasteiger partial charge in [-0.3, -0.25) is 0 Å². The lowest BCUT2D eigenvalue weighted by atomic mass is 10.2. The van der Waals surface area contributed by atoms with E-state index in [9.17, 15) is 0 Å². The Morgan fingerprint density at radius 1 is 0.650 bits per heavy atom. The van der Waals surface area contributed by atoms with Crippen LogP contribution in [0.4, 0.5) is 0 Å². The molecular weight excluding hydrogens is 252 g/mol. The van der Waals surface area contributed by atoms with Crippen LogP contribution in [0.2, 0.25) is 0 Å². The van der Waals surface area contributed by atoms with Gasteiger partial charge in [0.05, 0.1) is 52.6 Å². The van der Waals surface area contributed by atoms with Crippen molar-refractivity contribution in [1.29, 1.82) is 0 Å². The van der Waals surface area contributed by atoms with Crippen LogP contribution in [0.3, 0.4) is 0 Å². The van der Waals surface area contributed by atoms with Crippen molar-refractivity contribution < 1.29 is 18.4 Å². The first-order chi connectivity index (χ1) is 9.74. The predicted octanol–water partition coefficient (Wildman–Crippen LogP) is 1.50. The summed E-state index contributed by atoms with van der Waals surface area (Å²) in [6, 6.07) is 0. The van der Waals surface area contributed by atoms with Gasteiger partial charge in [0.25, 0.3) is 0 Å². The molecule has 2 rings (SSSR count). The van der Waals surface area contributed by atoms with Crippen LogP contribution in [0.1, 0.15) is 26.7 Å². The van der Waals surface area contributed by atoms with Crippen LogP contribution in [0.5, 0.6) is 0 Å². The second kappa shape index (κ2) is 7.74. The Morgan fingerprint density at radius 3 is 1.30 bits per heavy atom. The molecule has 0 aliphatic carbocycles. The minimum absolute atomic E-state index is 0.958. The second-order valence-electron chi connectivity index (χ2n) is 6.59. The fourth-order valence-electron chi connectivity index (χ4n) is 3.75. The Hall–Kier alpha value is -0.160. The highest BCUT2D eigenvalue weighted by Gasteiger charge is 2.30. The first-order valence-electron chi connectivity index (χ1n) is 8.60. The molecule has 0 aromatic carbocycles. The van der Waals surface area contributed by atoms with Crippen LogP contribution in [0, 0.1) is 0 Å². The smallest absolute Gasteiger partial charge is 0.102 e. The SMILES string of the molecule is CC[N+]1(CCCC[N+]2(CC)CCOCC2)CCOCC1. The van der Waals surface area contributed by atoms with Gasteiger partial charge in [-0.1, -0.05) is 0 Å². The average Bonchev–Trinajstić information content (AvgIpc) is 2.53. The second-order valence-corrected chi connectivity index (χ2v) is 6.59. The lowest BCUT2D eigenvalue weighted by Gasteiger charge is -2.42. The van der Waals surface area contributed by atoms with Crippen molar-refractivity contribution in [3.8, 4) is 0 Å². The maximum Gasteiger partial charge on any atom is 0.102 e. The monoisotopic (exact) mass is 286 g/mol. The molecule has 20 heavy (non-hydrogen) atoms. The van der Waals surface area contributed by atoms with Crippen molar-refractivity contribution in [2.45, 2.75) is 26.7 Å². The molecule has 0 atom stereocenters. The molecule has 2 heterocycles. The number of rotatable bonds is 7. The first-order valence-corrected chi connectivity index (χ1v) is 8.60. The summed E-state index contributed by atoms with van der Waals surface area (Å²) in [6.45, 7) is 18.6. The topological polar surface area (TPSA) is 18.5 Å². The van der Waals surface area contributed by atoms with Crippen LogP contribution in [0.15, 0.2) is 0 Å². The van der Waals surface area contributed by atoms with Gasteiger partial charge in [0.15, 0.2) is 0 Å². The Bertz CT molecular complexity index is 244. The predicted molar refractivity (Wildman–Crippen MR) is 81.7 cm³/mol. The molecule has 0 N–H and O–H groups in total. The van der Waals surface area contributed by atoms with Crippen molar-refractivity contribution >= 4 is 0 Å². The van der Waals surface area contributed by atoms with E-state index in [0.717, 1.165) is 26.4 Å². The van der Waals surface area contributed by atoms with Crippen molar-refractivity contribution in [3.05, 3.63) is 0 Å². The molecule has 2 aliphatic heterocycles. The van der Waals surface area contributed by atoms with E-state index in [1.54, 1.807) is 0 Å². The Morgan fingerprint density at radius 2 is 1.00 bits per heavy atom. The van der Waals surface area contributed by atoms with Gasteiger partial charge in [-0.2, -0.15) is 0 Å². The van der Waals surface area contributed by atoms with E-state index in [1.165, 1.54) is 74.2 Å². The molecule has 0 amide bonds. The molecule has 2 aliphatic rings. The zero-order chi connectivity index (χ0) is 14.3. The molecule has 0 radical (unpaired) electrons. The van der Waals surface area contributed by atoms with Crippen molar-refractivity contribution in [2.24, 2.45) is 0 Å². The number of hydrogen-bond acceptors (Lipinski definition) is 2. The molecule has 118 valence electrons. The van der Waals surface area contributed by atoms with Crippen LogP contribution >= 0.6 is 0 Å². The van der Waals surface area contributed by atoms with E-state index in [1.807, 2.05) is 0 Å². The largest absolute Gasteiger partial charge is 0.370 e. The molecule has 0 bridgehead atoms. The van der Waals surface area contributed by atoms with Gasteiger partial charge in [0.1, 0.15) is 26.2 Å². The molecule has 4 nitrogen and oxygen atoms in total. The van der Waals surface area contributed by atoms with E-state index < -0.39 is 0 Å². The van der Waals surface area contributed by atoms with Crippen LogP contribution < -0.4 is 0 Å². The number of likely N-dealkylation sites (N-methyl/N-ethyl adjacent to an activating group) is 2. The molecular formula is C16H34N2O2+2. The quantitative estimate of drug-likeness (QED) is 0.522. The molecule has 4 heteroatoms. The van der Waals surface area contributed by atoms with E-state index in [2.05, 4.69) is 13.8 Å². The molecule has 0 saturated carbocycles. The highest BCUT2D eigenvalue weighted by molar-refractivity contribution is 4.53. The van der Waals surface area contributed by atoms with Gasteiger partial charge in [-0.25, -0.2) is 0 Å². The van der Waals surface area contributed by atoms with Crippen molar-refractivity contribution in [2.75, 3.05) is 78.8 Å². The summed E-state index contributed by atoms with van der Waals surface area (Å²) < 4.78 is 13.6. The number of hydrogen-bond donors (Lipinski definition) is 0. The standard InChI is InChI=1S/C16H34N2O2/c1-3-17(9-13-19-14-10-17)7-5-6-8-18(4-2)11-15-20-16-12-18/h3-16H2,1-2H3/q+2. The molecule has 2 fully saturated rings. The van der Waals surface area contributed by atoms with E-state index >= 15 is 0 Å². The maximum absolute atomic E-state index is 5.53. The summed E-state index contributed by atoms with van der Waals surface area (Å²) in [7, 11) is 0. The summed E-state index contributed by atoms with van der Waals surface area (Å²) in [4.78, 5) is 0. The molecule has 0 unspecified atom stereocenters. The average molecular weight is 286 g/mol. The van der Waals surface area contributed by atoms with Gasteiger partial charge in [-0.15, -0.1) is 0 Å². The van der Waals surface area contributed by atoms with E-state index in [-0.39, 0.29) is 0 Å². The van der Waals surface area contributed by atoms with Crippen LogP contribution in [-0.2, 0) is 9.47 Å². The minimum Gasteiger partial charge on any atom is -0.370 e. The number of quaternary nitrogens is 2. The highest BCUT2D eigenvalue weighted by atomic mass is 16.5. The number of nitrogens with zero attached hydrogens (tertiary/aromatic N) is 2. The van der Waals surface area contributed by atoms with Gasteiger partial charge in [0.2, 0.25) is 0 Å². The zero-order valence-corrected chi connectivity index (χ0v) is 13.6. The third-order valence-corrected chi connectivity index (χ3v) is 5.70. The lowest BCUT2D eigenvalue weighted by molar-refractivity contribution is -0.939. The van der Waals surface area contributed by atoms with Crippen molar-refractivity contribution in [1.82, 2.24) is 0 Å². The zero-order valence-electron chi connectivity index (χ0n) is 13.6. The molecule has 0 spiro atoms. The van der Waals surface area contributed by atoms with E-state index in [4.69, 9.17) is 9.47 Å². The summed E-state index contributed by atoms with van der Waals surface area (Å²) in [5, 5.41) is 0. The first kappa shape index (κ1) is 16.2. The summed E-state index contributed by atoms with van der Waals surface area (Å²) in [6.07, 6.45) is 2.74. The number of morpholine rings is 2. The third-order valence-electron chi connectivity index (χ3n) is 5.70. The normalized spacial score (nSPS) is 25.5.